The third-order valence-electron chi connectivity index (χ3n) is 1.15. The molecule has 10 heavy (non-hydrogen) atoms. The molecular weight excluding hydrogens is 128 g/mol. The SMILES string of the molecule is CNC(=O)[CH]CCN(C)C. The predicted molar refractivity (Wildman–Crippen MR) is 41.5 cm³/mol. The van der Waals surface area contributed by atoms with E-state index in [0.717, 1.165) is 13.0 Å². The molecule has 3 nitrogen and oxygen atoms in total. The molecule has 0 aromatic rings. The summed E-state index contributed by atoms with van der Waals surface area (Å²) in [5.74, 6) is 0.00171. The van der Waals surface area contributed by atoms with Gasteiger partial charge in [-0.25, -0.2) is 0 Å². The Morgan fingerprint density at radius 3 is 2.60 bits per heavy atom. The van der Waals surface area contributed by atoms with Crippen LogP contribution in [0.4, 0.5) is 0 Å². The van der Waals surface area contributed by atoms with Gasteiger partial charge in [-0.2, -0.15) is 0 Å². The average Bonchev–Trinajstić information content (AvgIpc) is 1.87. The quantitative estimate of drug-likeness (QED) is 0.595. The van der Waals surface area contributed by atoms with Crippen LogP contribution < -0.4 is 5.32 Å². The molecule has 0 aliphatic rings. The minimum Gasteiger partial charge on any atom is -0.359 e. The standard InChI is InChI=1S/C7H15N2O/c1-8-7(10)5-4-6-9(2)3/h5H,4,6H2,1-3H3,(H,8,10). The minimum absolute atomic E-state index is 0.00171. The molecule has 0 aliphatic carbocycles. The summed E-state index contributed by atoms with van der Waals surface area (Å²) in [6.45, 7) is 0.924. The van der Waals surface area contributed by atoms with Crippen LogP contribution >= 0.6 is 0 Å². The van der Waals surface area contributed by atoms with Gasteiger partial charge in [0.2, 0.25) is 5.91 Å². The Hall–Kier alpha value is -0.570. The van der Waals surface area contributed by atoms with E-state index in [-0.39, 0.29) is 5.91 Å². The molecule has 0 atom stereocenters. The van der Waals surface area contributed by atoms with E-state index >= 15 is 0 Å². The first kappa shape index (κ1) is 9.43. The molecule has 0 saturated heterocycles. The van der Waals surface area contributed by atoms with Gasteiger partial charge in [-0.15, -0.1) is 0 Å². The third-order valence-corrected chi connectivity index (χ3v) is 1.15. The molecule has 0 heterocycles. The van der Waals surface area contributed by atoms with Crippen LogP contribution in [-0.4, -0.2) is 38.5 Å². The molecule has 59 valence electrons. The zero-order valence-electron chi connectivity index (χ0n) is 6.85. The van der Waals surface area contributed by atoms with Crippen LogP contribution in [0, 0.1) is 6.42 Å². The van der Waals surface area contributed by atoms with E-state index < -0.39 is 0 Å². The van der Waals surface area contributed by atoms with Crippen molar-refractivity contribution in [2.24, 2.45) is 0 Å². The third kappa shape index (κ3) is 5.56. The van der Waals surface area contributed by atoms with Crippen molar-refractivity contribution in [2.45, 2.75) is 6.42 Å². The van der Waals surface area contributed by atoms with Crippen molar-refractivity contribution in [3.05, 3.63) is 6.42 Å². The van der Waals surface area contributed by atoms with Gasteiger partial charge in [-0.3, -0.25) is 4.79 Å². The minimum atomic E-state index is 0.00171. The average molecular weight is 143 g/mol. The van der Waals surface area contributed by atoms with Gasteiger partial charge in [0, 0.05) is 7.05 Å². The second-order valence-electron chi connectivity index (χ2n) is 2.41. The van der Waals surface area contributed by atoms with E-state index in [1.165, 1.54) is 0 Å². The first-order valence-electron chi connectivity index (χ1n) is 3.36. The van der Waals surface area contributed by atoms with Crippen molar-refractivity contribution in [3.63, 3.8) is 0 Å². The molecule has 0 aliphatic heterocycles. The lowest BCUT2D eigenvalue weighted by Crippen LogP contribution is -2.21. The first-order chi connectivity index (χ1) is 4.66. The molecule has 1 N–H and O–H groups in total. The number of hydrogen-bond donors (Lipinski definition) is 1. The van der Waals surface area contributed by atoms with E-state index in [2.05, 4.69) is 5.32 Å². The fraction of sp³-hybridized carbons (Fsp3) is 0.714. The molecule has 1 amide bonds. The fourth-order valence-corrected chi connectivity index (χ4v) is 0.556. The van der Waals surface area contributed by atoms with Crippen LogP contribution in [0.1, 0.15) is 6.42 Å². The maximum Gasteiger partial charge on any atom is 0.223 e. The van der Waals surface area contributed by atoms with Gasteiger partial charge < -0.3 is 10.2 Å². The lowest BCUT2D eigenvalue weighted by molar-refractivity contribution is -0.117. The molecule has 0 saturated carbocycles. The van der Waals surface area contributed by atoms with E-state index in [4.69, 9.17) is 0 Å². The first-order valence-corrected chi connectivity index (χ1v) is 3.36. The number of rotatable bonds is 4. The molecule has 3 heteroatoms. The van der Waals surface area contributed by atoms with Gasteiger partial charge in [0.1, 0.15) is 0 Å². The number of hydrogen-bond acceptors (Lipinski definition) is 2. The molecule has 1 radical (unpaired) electrons. The lowest BCUT2D eigenvalue weighted by Gasteiger charge is -2.07. The highest BCUT2D eigenvalue weighted by atomic mass is 16.1. The van der Waals surface area contributed by atoms with Crippen molar-refractivity contribution in [1.29, 1.82) is 0 Å². The highest BCUT2D eigenvalue weighted by molar-refractivity contribution is 5.84. The number of nitrogens with zero attached hydrogens (tertiary/aromatic N) is 1. The molecule has 0 aromatic heterocycles. The Morgan fingerprint density at radius 1 is 1.60 bits per heavy atom. The zero-order chi connectivity index (χ0) is 7.98. The van der Waals surface area contributed by atoms with Gasteiger partial charge >= 0.3 is 0 Å². The van der Waals surface area contributed by atoms with Gasteiger partial charge in [-0.05, 0) is 27.1 Å². The molecule has 0 rings (SSSR count). The zero-order valence-corrected chi connectivity index (χ0v) is 6.85. The van der Waals surface area contributed by atoms with Gasteiger partial charge in [0.25, 0.3) is 0 Å². The molecule has 0 spiro atoms. The van der Waals surface area contributed by atoms with Gasteiger partial charge in [0.15, 0.2) is 0 Å². The summed E-state index contributed by atoms with van der Waals surface area (Å²) in [4.78, 5) is 12.6. The Labute approximate surface area is 62.4 Å². The van der Waals surface area contributed by atoms with Crippen LogP contribution in [0.3, 0.4) is 0 Å². The Bertz CT molecular complexity index is 102. The lowest BCUT2D eigenvalue weighted by atomic mass is 10.3. The van der Waals surface area contributed by atoms with Gasteiger partial charge in [0.05, 0.1) is 6.42 Å². The summed E-state index contributed by atoms with van der Waals surface area (Å²) >= 11 is 0. The van der Waals surface area contributed by atoms with E-state index in [1.54, 1.807) is 13.5 Å². The number of nitrogens with one attached hydrogen (secondary N) is 1. The van der Waals surface area contributed by atoms with Gasteiger partial charge in [-0.1, -0.05) is 0 Å². The summed E-state index contributed by atoms with van der Waals surface area (Å²) in [7, 11) is 5.60. The van der Waals surface area contributed by atoms with Crippen molar-refractivity contribution < 1.29 is 4.79 Å². The Balaban J connectivity index is 3.12. The second-order valence-corrected chi connectivity index (χ2v) is 2.41. The van der Waals surface area contributed by atoms with E-state index in [0.29, 0.717) is 0 Å². The van der Waals surface area contributed by atoms with E-state index in [9.17, 15) is 4.79 Å². The molecular formula is C7H15N2O. The number of amides is 1. The summed E-state index contributed by atoms with van der Waals surface area (Å²) in [6.07, 6.45) is 2.46. The summed E-state index contributed by atoms with van der Waals surface area (Å²) in [5, 5.41) is 2.53. The maximum absolute atomic E-state index is 10.6. The van der Waals surface area contributed by atoms with Crippen LogP contribution in [-0.2, 0) is 4.79 Å². The smallest absolute Gasteiger partial charge is 0.223 e. The van der Waals surface area contributed by atoms with Crippen molar-refractivity contribution in [1.82, 2.24) is 10.2 Å². The second kappa shape index (κ2) is 5.23. The predicted octanol–water partition coefficient (Wildman–Crippen LogP) is -0.112. The Morgan fingerprint density at radius 2 is 2.20 bits per heavy atom. The van der Waals surface area contributed by atoms with Crippen LogP contribution in [0.2, 0.25) is 0 Å². The summed E-state index contributed by atoms with van der Waals surface area (Å²) in [5.41, 5.74) is 0. The van der Waals surface area contributed by atoms with Crippen LogP contribution in [0.15, 0.2) is 0 Å². The molecule has 0 aromatic carbocycles. The fourth-order valence-electron chi connectivity index (χ4n) is 0.556. The summed E-state index contributed by atoms with van der Waals surface area (Å²) < 4.78 is 0. The maximum atomic E-state index is 10.6. The van der Waals surface area contributed by atoms with Crippen molar-refractivity contribution in [2.75, 3.05) is 27.7 Å². The highest BCUT2D eigenvalue weighted by Gasteiger charge is 1.97. The molecule has 0 fully saturated rings. The monoisotopic (exact) mass is 143 g/mol. The van der Waals surface area contributed by atoms with Crippen molar-refractivity contribution in [3.8, 4) is 0 Å². The summed E-state index contributed by atoms with van der Waals surface area (Å²) in [6, 6.07) is 0. The molecule has 0 unspecified atom stereocenters. The molecule has 0 bridgehead atoms. The highest BCUT2D eigenvalue weighted by Crippen LogP contribution is 1.87. The largest absolute Gasteiger partial charge is 0.359 e. The number of carbonyl (C=O) groups is 1. The van der Waals surface area contributed by atoms with E-state index in [1.807, 2.05) is 19.0 Å². The van der Waals surface area contributed by atoms with Crippen LogP contribution in [0.5, 0.6) is 0 Å². The Kier molecular flexibility index (Phi) is 4.94. The van der Waals surface area contributed by atoms with Crippen LogP contribution in [0.25, 0.3) is 0 Å². The van der Waals surface area contributed by atoms with Crippen molar-refractivity contribution >= 4 is 5.91 Å². The normalized spacial score (nSPS) is 10.0. The topological polar surface area (TPSA) is 32.3 Å². The number of carbonyl (C=O) groups excluding carboxylic acids is 1.